The van der Waals surface area contributed by atoms with E-state index in [0.29, 0.717) is 12.5 Å². The maximum Gasteiger partial charge on any atom is 0.235 e. The summed E-state index contributed by atoms with van der Waals surface area (Å²) < 4.78 is 0.778. The van der Waals surface area contributed by atoms with Crippen LogP contribution in [0.3, 0.4) is 0 Å². The largest absolute Gasteiger partial charge is 0.340 e. The van der Waals surface area contributed by atoms with Crippen molar-refractivity contribution in [1.29, 1.82) is 0 Å². The van der Waals surface area contributed by atoms with Crippen LogP contribution in [0.5, 0.6) is 0 Å². The van der Waals surface area contributed by atoms with Crippen LogP contribution in [0.25, 0.3) is 0 Å². The Kier molecular flexibility index (Phi) is 7.28. The van der Waals surface area contributed by atoms with Crippen molar-refractivity contribution in [2.24, 2.45) is 0 Å². The molecule has 0 saturated carbocycles. The van der Waals surface area contributed by atoms with Gasteiger partial charge in [0.15, 0.2) is 4.34 Å². The second-order valence-corrected chi connectivity index (χ2v) is 9.78. The van der Waals surface area contributed by atoms with Gasteiger partial charge in [-0.05, 0) is 36.1 Å². The van der Waals surface area contributed by atoms with Crippen LogP contribution in [0.1, 0.15) is 37.8 Å². The van der Waals surface area contributed by atoms with Crippen LogP contribution in [-0.2, 0) is 11.3 Å². The van der Waals surface area contributed by atoms with Gasteiger partial charge in [0, 0.05) is 19.3 Å². The summed E-state index contributed by atoms with van der Waals surface area (Å²) in [5.41, 5.74) is 3.40. The molecule has 2 aromatic carbocycles. The van der Waals surface area contributed by atoms with Gasteiger partial charge in [0.05, 0.1) is 5.25 Å². The summed E-state index contributed by atoms with van der Waals surface area (Å²) in [4.78, 5) is 14.4. The number of nitrogens with zero attached hydrogens (tertiary/aromatic N) is 3. The minimum absolute atomic E-state index is 0.0767. The van der Waals surface area contributed by atoms with Crippen molar-refractivity contribution in [2.75, 3.05) is 12.4 Å². The molecule has 0 aliphatic heterocycles. The van der Waals surface area contributed by atoms with Crippen LogP contribution in [0.4, 0.5) is 10.8 Å². The number of nitrogens with one attached hydrogen (secondary N) is 1. The maximum atomic E-state index is 12.7. The van der Waals surface area contributed by atoms with Gasteiger partial charge >= 0.3 is 0 Å². The average molecular weight is 427 g/mol. The molecule has 29 heavy (non-hydrogen) atoms. The van der Waals surface area contributed by atoms with Gasteiger partial charge in [0.25, 0.3) is 0 Å². The lowest BCUT2D eigenvalue weighted by atomic mass is 10.0. The summed E-state index contributed by atoms with van der Waals surface area (Å²) in [6.07, 6.45) is 0. The van der Waals surface area contributed by atoms with Gasteiger partial charge in [0.2, 0.25) is 11.0 Å². The normalized spacial score (nSPS) is 12.0. The number of rotatable bonds is 8. The Bertz CT molecular complexity index is 926. The highest BCUT2D eigenvalue weighted by Gasteiger charge is 2.21. The third kappa shape index (κ3) is 6.05. The van der Waals surface area contributed by atoms with E-state index in [0.717, 1.165) is 20.7 Å². The predicted octanol–water partition coefficient (Wildman–Crippen LogP) is 5.54. The molecule has 1 N–H and O–H groups in total. The molecule has 152 valence electrons. The van der Waals surface area contributed by atoms with Gasteiger partial charge in [0.1, 0.15) is 0 Å². The van der Waals surface area contributed by atoms with E-state index in [-0.39, 0.29) is 11.2 Å². The standard InChI is InChI=1S/C22H26N4OS2/c1-15(2)18-10-12-19(13-11-18)23-21-24-25-22(29-21)28-16(3)20(27)26(4)14-17-8-6-5-7-9-17/h5-13,15-16H,14H2,1-4H3,(H,23,24)/t16-/m1/s1. The number of aromatic nitrogens is 2. The minimum Gasteiger partial charge on any atom is -0.340 e. The number of carbonyl (C=O) groups excluding carboxylic acids is 1. The lowest BCUT2D eigenvalue weighted by molar-refractivity contribution is -0.129. The van der Waals surface area contributed by atoms with Crippen LogP contribution < -0.4 is 5.32 Å². The zero-order valence-corrected chi connectivity index (χ0v) is 18.8. The van der Waals surface area contributed by atoms with Gasteiger partial charge in [-0.3, -0.25) is 4.79 Å². The number of hydrogen-bond donors (Lipinski definition) is 1. The van der Waals surface area contributed by atoms with E-state index in [1.165, 1.54) is 28.7 Å². The molecule has 1 atom stereocenters. The van der Waals surface area contributed by atoms with Crippen LogP contribution in [0.15, 0.2) is 58.9 Å². The van der Waals surface area contributed by atoms with Crippen molar-refractivity contribution in [3.8, 4) is 0 Å². The maximum absolute atomic E-state index is 12.7. The first kappa shape index (κ1) is 21.3. The Balaban J connectivity index is 1.55. The molecular formula is C22H26N4OS2. The first-order chi connectivity index (χ1) is 13.9. The number of thioether (sulfide) groups is 1. The SMILES string of the molecule is CC(C)c1ccc(Nc2nnc(S[C@H](C)C(=O)N(C)Cc3ccccc3)s2)cc1. The Morgan fingerprint density at radius 3 is 2.41 bits per heavy atom. The summed E-state index contributed by atoms with van der Waals surface area (Å²) in [5.74, 6) is 0.584. The molecule has 1 aromatic heterocycles. The van der Waals surface area contributed by atoms with Gasteiger partial charge in [-0.2, -0.15) is 0 Å². The fourth-order valence-corrected chi connectivity index (χ4v) is 4.86. The Morgan fingerprint density at radius 1 is 1.07 bits per heavy atom. The van der Waals surface area contributed by atoms with E-state index in [9.17, 15) is 4.79 Å². The molecular weight excluding hydrogens is 400 g/mol. The molecule has 7 heteroatoms. The van der Waals surface area contributed by atoms with Crippen molar-refractivity contribution < 1.29 is 4.79 Å². The van der Waals surface area contributed by atoms with Crippen molar-refractivity contribution in [2.45, 2.75) is 42.8 Å². The third-order valence-corrected chi connectivity index (χ3v) is 6.51. The quantitative estimate of drug-likeness (QED) is 0.479. The Hall–Kier alpha value is -2.38. The first-order valence-electron chi connectivity index (χ1n) is 9.58. The van der Waals surface area contributed by atoms with E-state index in [1.54, 1.807) is 4.90 Å². The Labute approximate surface area is 180 Å². The summed E-state index contributed by atoms with van der Waals surface area (Å²) in [6, 6.07) is 18.3. The highest BCUT2D eigenvalue weighted by atomic mass is 32.2. The second-order valence-electron chi connectivity index (χ2n) is 7.21. The number of amides is 1. The van der Waals surface area contributed by atoms with Gasteiger partial charge in [-0.25, -0.2) is 0 Å². The summed E-state index contributed by atoms with van der Waals surface area (Å²) in [5, 5.41) is 12.2. The van der Waals surface area contributed by atoms with E-state index in [4.69, 9.17) is 0 Å². The number of carbonyl (C=O) groups is 1. The molecule has 3 rings (SSSR count). The topological polar surface area (TPSA) is 58.1 Å². The molecule has 0 bridgehead atoms. The average Bonchev–Trinajstić information content (AvgIpc) is 3.15. The van der Waals surface area contributed by atoms with Crippen LogP contribution >= 0.6 is 23.1 Å². The first-order valence-corrected chi connectivity index (χ1v) is 11.3. The third-order valence-electron chi connectivity index (χ3n) is 4.50. The second kappa shape index (κ2) is 9.89. The highest BCUT2D eigenvalue weighted by molar-refractivity contribution is 8.02. The summed E-state index contributed by atoms with van der Waals surface area (Å²) >= 11 is 2.90. The highest BCUT2D eigenvalue weighted by Crippen LogP contribution is 2.31. The predicted molar refractivity (Wildman–Crippen MR) is 122 cm³/mol. The van der Waals surface area contributed by atoms with Crippen LogP contribution in [0, 0.1) is 0 Å². The van der Waals surface area contributed by atoms with Crippen molar-refractivity contribution in [3.05, 3.63) is 65.7 Å². The molecule has 0 aliphatic carbocycles. The van der Waals surface area contributed by atoms with Gasteiger partial charge < -0.3 is 10.2 Å². The summed E-state index contributed by atoms with van der Waals surface area (Å²) in [7, 11) is 1.83. The molecule has 0 spiro atoms. The summed E-state index contributed by atoms with van der Waals surface area (Å²) in [6.45, 7) is 6.86. The number of hydrogen-bond acceptors (Lipinski definition) is 6. The van der Waals surface area contributed by atoms with Crippen LogP contribution in [-0.4, -0.2) is 33.3 Å². The van der Waals surface area contributed by atoms with Crippen molar-refractivity contribution in [1.82, 2.24) is 15.1 Å². The van der Waals surface area contributed by atoms with Crippen molar-refractivity contribution in [3.63, 3.8) is 0 Å². The molecule has 1 heterocycles. The fraction of sp³-hybridized carbons (Fsp3) is 0.318. The lowest BCUT2D eigenvalue weighted by Crippen LogP contribution is -2.32. The monoisotopic (exact) mass is 426 g/mol. The fourth-order valence-electron chi connectivity index (χ4n) is 2.83. The molecule has 1 amide bonds. The lowest BCUT2D eigenvalue weighted by Gasteiger charge is -2.20. The zero-order chi connectivity index (χ0) is 20.8. The zero-order valence-electron chi connectivity index (χ0n) is 17.1. The van der Waals surface area contributed by atoms with Crippen LogP contribution in [0.2, 0.25) is 0 Å². The van der Waals surface area contributed by atoms with E-state index < -0.39 is 0 Å². The molecule has 0 fully saturated rings. The number of anilines is 2. The number of benzene rings is 2. The minimum atomic E-state index is -0.227. The molecule has 0 unspecified atom stereocenters. The molecule has 0 saturated heterocycles. The smallest absolute Gasteiger partial charge is 0.235 e. The molecule has 0 radical (unpaired) electrons. The van der Waals surface area contributed by atoms with E-state index in [1.807, 2.05) is 56.4 Å². The molecule has 3 aromatic rings. The van der Waals surface area contributed by atoms with E-state index in [2.05, 4.69) is 41.5 Å². The molecule has 0 aliphatic rings. The van der Waals surface area contributed by atoms with Gasteiger partial charge in [-0.1, -0.05) is 79.4 Å². The van der Waals surface area contributed by atoms with E-state index >= 15 is 0 Å². The Morgan fingerprint density at radius 2 is 1.76 bits per heavy atom. The van der Waals surface area contributed by atoms with Gasteiger partial charge in [-0.15, -0.1) is 10.2 Å². The molecule has 5 nitrogen and oxygen atoms in total. The van der Waals surface area contributed by atoms with Crippen molar-refractivity contribution >= 4 is 39.8 Å².